The van der Waals surface area contributed by atoms with Crippen LogP contribution in [0.15, 0.2) is 12.7 Å². The third-order valence-electron chi connectivity index (χ3n) is 1.76. The number of amides is 3. The second-order valence-electron chi connectivity index (χ2n) is 2.73. The first-order valence-electron chi connectivity index (χ1n) is 3.96. The normalized spacial score (nSPS) is 21.8. The van der Waals surface area contributed by atoms with E-state index in [0.29, 0.717) is 6.42 Å². The van der Waals surface area contributed by atoms with Crippen molar-refractivity contribution in [1.82, 2.24) is 10.6 Å². The van der Waals surface area contributed by atoms with Crippen LogP contribution in [0.4, 0.5) is 4.79 Å². The summed E-state index contributed by atoms with van der Waals surface area (Å²) >= 11 is 0. The van der Waals surface area contributed by atoms with Gasteiger partial charge in [-0.3, -0.25) is 10.1 Å². The molecule has 4 heteroatoms. The number of hydrogen-bond acceptors (Lipinski definition) is 2. The van der Waals surface area contributed by atoms with Crippen LogP contribution in [0, 0.1) is 0 Å². The molecule has 1 aliphatic heterocycles. The molecule has 0 radical (unpaired) electrons. The summed E-state index contributed by atoms with van der Waals surface area (Å²) in [5.41, 5.74) is 0. The van der Waals surface area contributed by atoms with Gasteiger partial charge in [-0.2, -0.15) is 0 Å². The number of allylic oxidation sites excluding steroid dienone is 1. The van der Waals surface area contributed by atoms with E-state index in [0.717, 1.165) is 12.8 Å². The molecule has 1 rings (SSSR count). The molecule has 1 atom stereocenters. The predicted octanol–water partition coefficient (Wildman–Crippen LogP) is 0.551. The van der Waals surface area contributed by atoms with Gasteiger partial charge >= 0.3 is 6.03 Å². The lowest BCUT2D eigenvalue weighted by Gasteiger charge is -2.03. The number of hydrogen-bond donors (Lipinski definition) is 2. The fraction of sp³-hybridized carbons (Fsp3) is 0.500. The van der Waals surface area contributed by atoms with Crippen LogP contribution in [0.1, 0.15) is 19.3 Å². The molecule has 0 saturated carbocycles. The van der Waals surface area contributed by atoms with Gasteiger partial charge in [0.2, 0.25) is 0 Å². The zero-order chi connectivity index (χ0) is 8.97. The molecule has 1 heterocycles. The van der Waals surface area contributed by atoms with Crippen LogP contribution in [0.2, 0.25) is 0 Å². The minimum atomic E-state index is -0.386. The fourth-order valence-corrected chi connectivity index (χ4v) is 1.13. The van der Waals surface area contributed by atoms with Crippen LogP contribution in [-0.2, 0) is 4.79 Å². The lowest BCUT2D eigenvalue weighted by atomic mass is 10.1. The molecule has 0 aromatic carbocycles. The minimum absolute atomic E-state index is 0.218. The van der Waals surface area contributed by atoms with Crippen LogP contribution in [0.5, 0.6) is 0 Å². The van der Waals surface area contributed by atoms with Crippen molar-refractivity contribution in [2.45, 2.75) is 25.3 Å². The molecule has 0 spiro atoms. The van der Waals surface area contributed by atoms with Crippen LogP contribution >= 0.6 is 0 Å². The number of rotatable bonds is 4. The third-order valence-corrected chi connectivity index (χ3v) is 1.76. The van der Waals surface area contributed by atoms with Gasteiger partial charge in [-0.25, -0.2) is 4.79 Å². The summed E-state index contributed by atoms with van der Waals surface area (Å²) < 4.78 is 0. The number of carbonyl (C=O) groups excluding carboxylic acids is 2. The van der Waals surface area contributed by atoms with Crippen molar-refractivity contribution < 1.29 is 9.59 Å². The van der Waals surface area contributed by atoms with E-state index in [2.05, 4.69) is 17.2 Å². The fourth-order valence-electron chi connectivity index (χ4n) is 1.13. The topological polar surface area (TPSA) is 58.2 Å². The van der Waals surface area contributed by atoms with Crippen molar-refractivity contribution in [2.75, 3.05) is 0 Å². The lowest BCUT2D eigenvalue weighted by molar-refractivity contribution is -0.120. The Kier molecular flexibility index (Phi) is 2.85. The number of carbonyl (C=O) groups is 2. The Morgan fingerprint density at radius 2 is 2.25 bits per heavy atom. The highest BCUT2D eigenvalue weighted by Crippen LogP contribution is 2.04. The molecule has 2 N–H and O–H groups in total. The van der Waals surface area contributed by atoms with E-state index >= 15 is 0 Å². The van der Waals surface area contributed by atoms with Gasteiger partial charge in [0.1, 0.15) is 6.04 Å². The summed E-state index contributed by atoms with van der Waals surface area (Å²) in [5, 5.41) is 4.71. The molecule has 1 aliphatic rings. The zero-order valence-electron chi connectivity index (χ0n) is 6.80. The van der Waals surface area contributed by atoms with Gasteiger partial charge in [0.05, 0.1) is 0 Å². The van der Waals surface area contributed by atoms with Gasteiger partial charge < -0.3 is 5.32 Å². The number of imide groups is 1. The molecule has 12 heavy (non-hydrogen) atoms. The van der Waals surface area contributed by atoms with Crippen molar-refractivity contribution in [3.8, 4) is 0 Å². The molecule has 66 valence electrons. The molecule has 0 aromatic heterocycles. The highest BCUT2D eigenvalue weighted by Gasteiger charge is 2.28. The first-order chi connectivity index (χ1) is 5.74. The standard InChI is InChI=1S/C8H12N2O2/c1-2-3-4-5-6-7(11)10-8(12)9-6/h2,6H,1,3-5H2,(H2,9,10,11,12). The molecular weight excluding hydrogens is 156 g/mol. The maximum atomic E-state index is 11.0. The SMILES string of the molecule is C=CCCCC1NC(=O)NC1=O. The number of urea groups is 1. The largest absolute Gasteiger partial charge is 0.326 e. The van der Waals surface area contributed by atoms with E-state index in [1.165, 1.54) is 0 Å². The Balaban J connectivity index is 2.28. The quantitative estimate of drug-likeness (QED) is 0.366. The summed E-state index contributed by atoms with van der Waals surface area (Å²) in [7, 11) is 0. The van der Waals surface area contributed by atoms with E-state index in [9.17, 15) is 9.59 Å². The maximum absolute atomic E-state index is 11.0. The highest BCUT2D eigenvalue weighted by atomic mass is 16.2. The Morgan fingerprint density at radius 3 is 2.75 bits per heavy atom. The molecule has 0 aromatic rings. The summed E-state index contributed by atoms with van der Waals surface area (Å²) in [6.07, 6.45) is 4.24. The molecule has 1 unspecified atom stereocenters. The Hall–Kier alpha value is -1.32. The average molecular weight is 168 g/mol. The van der Waals surface area contributed by atoms with Gasteiger partial charge in [0.25, 0.3) is 5.91 Å². The second-order valence-corrected chi connectivity index (χ2v) is 2.73. The molecule has 0 bridgehead atoms. The van der Waals surface area contributed by atoms with E-state index in [4.69, 9.17) is 0 Å². The van der Waals surface area contributed by atoms with Gasteiger partial charge in [-0.15, -0.1) is 6.58 Å². The third kappa shape index (κ3) is 2.08. The Morgan fingerprint density at radius 1 is 1.50 bits per heavy atom. The Bertz CT molecular complexity index is 213. The maximum Gasteiger partial charge on any atom is 0.322 e. The van der Waals surface area contributed by atoms with Crippen molar-refractivity contribution in [1.29, 1.82) is 0 Å². The number of nitrogens with one attached hydrogen (secondary N) is 2. The van der Waals surface area contributed by atoms with Gasteiger partial charge in [-0.1, -0.05) is 6.08 Å². The second kappa shape index (κ2) is 3.90. The molecule has 4 nitrogen and oxygen atoms in total. The van der Waals surface area contributed by atoms with E-state index < -0.39 is 0 Å². The zero-order valence-corrected chi connectivity index (χ0v) is 6.80. The minimum Gasteiger partial charge on any atom is -0.326 e. The van der Waals surface area contributed by atoms with Gasteiger partial charge in [-0.05, 0) is 19.3 Å². The van der Waals surface area contributed by atoms with Crippen molar-refractivity contribution in [2.24, 2.45) is 0 Å². The van der Waals surface area contributed by atoms with Crippen LogP contribution in [0.3, 0.4) is 0 Å². The molecule has 1 fully saturated rings. The molecule has 3 amide bonds. The van der Waals surface area contributed by atoms with E-state index in [1.54, 1.807) is 6.08 Å². The Labute approximate surface area is 71.0 Å². The smallest absolute Gasteiger partial charge is 0.322 e. The average Bonchev–Trinajstić information content (AvgIpc) is 2.31. The van der Waals surface area contributed by atoms with Gasteiger partial charge in [0, 0.05) is 0 Å². The lowest BCUT2D eigenvalue weighted by Crippen LogP contribution is -2.28. The monoisotopic (exact) mass is 168 g/mol. The van der Waals surface area contributed by atoms with Crippen molar-refractivity contribution in [3.05, 3.63) is 12.7 Å². The van der Waals surface area contributed by atoms with Crippen LogP contribution in [-0.4, -0.2) is 18.0 Å². The summed E-state index contributed by atoms with van der Waals surface area (Å²) in [4.78, 5) is 21.6. The number of unbranched alkanes of at least 4 members (excludes halogenated alkanes) is 1. The summed E-state index contributed by atoms with van der Waals surface area (Å²) in [5.74, 6) is -0.218. The van der Waals surface area contributed by atoms with E-state index in [1.807, 2.05) is 0 Å². The van der Waals surface area contributed by atoms with Crippen molar-refractivity contribution >= 4 is 11.9 Å². The van der Waals surface area contributed by atoms with E-state index in [-0.39, 0.29) is 18.0 Å². The van der Waals surface area contributed by atoms with Crippen LogP contribution < -0.4 is 10.6 Å². The molecule has 0 aliphatic carbocycles. The van der Waals surface area contributed by atoms with Gasteiger partial charge in [0.15, 0.2) is 0 Å². The highest BCUT2D eigenvalue weighted by molar-refractivity contribution is 6.04. The molecule has 1 saturated heterocycles. The van der Waals surface area contributed by atoms with Crippen LogP contribution in [0.25, 0.3) is 0 Å². The predicted molar refractivity (Wildman–Crippen MR) is 44.5 cm³/mol. The molecular formula is C8H12N2O2. The summed E-state index contributed by atoms with van der Waals surface area (Å²) in [6, 6.07) is -0.721. The first-order valence-corrected chi connectivity index (χ1v) is 3.96. The van der Waals surface area contributed by atoms with Crippen molar-refractivity contribution in [3.63, 3.8) is 0 Å². The summed E-state index contributed by atoms with van der Waals surface area (Å²) in [6.45, 7) is 3.57. The first kappa shape index (κ1) is 8.77.